The van der Waals surface area contributed by atoms with E-state index in [2.05, 4.69) is 20.9 Å². The first kappa shape index (κ1) is 14.2. The van der Waals surface area contributed by atoms with Gasteiger partial charge in [0, 0.05) is 6.20 Å². The highest BCUT2D eigenvalue weighted by molar-refractivity contribution is 9.10. The van der Waals surface area contributed by atoms with Crippen molar-refractivity contribution in [3.8, 4) is 5.75 Å². The van der Waals surface area contributed by atoms with Crippen molar-refractivity contribution in [1.29, 1.82) is 0 Å². The van der Waals surface area contributed by atoms with Crippen molar-refractivity contribution in [3.05, 3.63) is 56.4 Å². The summed E-state index contributed by atoms with van der Waals surface area (Å²) < 4.78 is 18.7. The standard InChI is InChI=1S/C12H9BrFN3O3/c13-9-4-8(14)5-10(17(18)19)12(9)20-6-7-1-2-16-11(15)3-7/h1-5H,6H2,(H2,15,16). The van der Waals surface area contributed by atoms with Gasteiger partial charge >= 0.3 is 5.69 Å². The largest absolute Gasteiger partial charge is 0.481 e. The van der Waals surface area contributed by atoms with Crippen LogP contribution in [0.1, 0.15) is 5.56 Å². The number of aromatic nitrogens is 1. The van der Waals surface area contributed by atoms with E-state index in [1.165, 1.54) is 6.20 Å². The van der Waals surface area contributed by atoms with Crippen molar-refractivity contribution in [1.82, 2.24) is 4.98 Å². The van der Waals surface area contributed by atoms with Crippen LogP contribution in [0.3, 0.4) is 0 Å². The summed E-state index contributed by atoms with van der Waals surface area (Å²) in [6, 6.07) is 5.16. The molecule has 0 saturated heterocycles. The Hall–Kier alpha value is -2.22. The topological polar surface area (TPSA) is 91.3 Å². The zero-order valence-corrected chi connectivity index (χ0v) is 11.6. The van der Waals surface area contributed by atoms with E-state index in [1.807, 2.05) is 0 Å². The summed E-state index contributed by atoms with van der Waals surface area (Å²) in [4.78, 5) is 14.0. The van der Waals surface area contributed by atoms with E-state index >= 15 is 0 Å². The number of anilines is 1. The van der Waals surface area contributed by atoms with Crippen LogP contribution < -0.4 is 10.5 Å². The molecular formula is C12H9BrFN3O3. The fraction of sp³-hybridized carbons (Fsp3) is 0.0833. The average Bonchev–Trinajstić information content (AvgIpc) is 2.36. The van der Waals surface area contributed by atoms with Gasteiger partial charge in [-0.05, 0) is 39.7 Å². The van der Waals surface area contributed by atoms with Crippen molar-refractivity contribution in [2.75, 3.05) is 5.73 Å². The number of hydrogen-bond donors (Lipinski definition) is 1. The number of nitro groups is 1. The Balaban J connectivity index is 2.27. The molecule has 0 aliphatic heterocycles. The van der Waals surface area contributed by atoms with E-state index in [9.17, 15) is 14.5 Å². The Morgan fingerprint density at radius 3 is 2.85 bits per heavy atom. The van der Waals surface area contributed by atoms with E-state index in [4.69, 9.17) is 10.5 Å². The third-order valence-corrected chi connectivity index (χ3v) is 3.00. The Morgan fingerprint density at radius 2 is 2.20 bits per heavy atom. The lowest BCUT2D eigenvalue weighted by Crippen LogP contribution is -2.01. The molecule has 2 rings (SSSR count). The average molecular weight is 342 g/mol. The lowest BCUT2D eigenvalue weighted by Gasteiger charge is -2.09. The summed E-state index contributed by atoms with van der Waals surface area (Å²) in [5, 5.41) is 10.9. The smallest absolute Gasteiger partial charge is 0.315 e. The van der Waals surface area contributed by atoms with Gasteiger partial charge in [-0.3, -0.25) is 10.1 Å². The highest BCUT2D eigenvalue weighted by Crippen LogP contribution is 2.36. The summed E-state index contributed by atoms with van der Waals surface area (Å²) in [6.45, 7) is 0.0534. The number of halogens is 2. The predicted molar refractivity (Wildman–Crippen MR) is 73.7 cm³/mol. The second-order valence-corrected chi connectivity index (χ2v) is 4.72. The molecule has 1 aromatic heterocycles. The van der Waals surface area contributed by atoms with Crippen molar-refractivity contribution in [3.63, 3.8) is 0 Å². The molecule has 0 atom stereocenters. The third-order valence-electron chi connectivity index (χ3n) is 2.41. The first-order valence-electron chi connectivity index (χ1n) is 5.44. The van der Waals surface area contributed by atoms with Crippen LogP contribution >= 0.6 is 15.9 Å². The molecule has 104 valence electrons. The van der Waals surface area contributed by atoms with E-state index in [1.54, 1.807) is 12.1 Å². The van der Waals surface area contributed by atoms with Crippen LogP contribution in [0.25, 0.3) is 0 Å². The summed E-state index contributed by atoms with van der Waals surface area (Å²) in [7, 11) is 0. The molecule has 20 heavy (non-hydrogen) atoms. The van der Waals surface area contributed by atoms with E-state index in [0.29, 0.717) is 11.4 Å². The minimum atomic E-state index is -0.718. The number of rotatable bonds is 4. The molecular weight excluding hydrogens is 333 g/mol. The third kappa shape index (κ3) is 3.21. The molecule has 2 aromatic rings. The van der Waals surface area contributed by atoms with E-state index in [0.717, 1.165) is 12.1 Å². The molecule has 8 heteroatoms. The number of benzene rings is 1. The maximum absolute atomic E-state index is 13.2. The maximum Gasteiger partial charge on any atom is 0.315 e. The molecule has 0 amide bonds. The van der Waals surface area contributed by atoms with Gasteiger partial charge in [0.2, 0.25) is 5.75 Å². The van der Waals surface area contributed by atoms with Crippen molar-refractivity contribution < 1.29 is 14.1 Å². The molecule has 1 aromatic carbocycles. The number of nitrogen functional groups attached to an aromatic ring is 1. The summed E-state index contributed by atoms with van der Waals surface area (Å²) in [6.07, 6.45) is 1.50. The molecule has 0 spiro atoms. The molecule has 0 saturated carbocycles. The first-order valence-corrected chi connectivity index (χ1v) is 6.23. The predicted octanol–water partition coefficient (Wildman–Crippen LogP) is 3.05. The lowest BCUT2D eigenvalue weighted by atomic mass is 10.2. The fourth-order valence-electron chi connectivity index (χ4n) is 1.56. The van der Waals surface area contributed by atoms with E-state index < -0.39 is 16.4 Å². The minimum Gasteiger partial charge on any atom is -0.481 e. The van der Waals surface area contributed by atoms with E-state index in [-0.39, 0.29) is 16.8 Å². The second kappa shape index (κ2) is 5.83. The zero-order valence-electron chi connectivity index (χ0n) is 10.0. The highest BCUT2D eigenvalue weighted by atomic mass is 79.9. The van der Waals surface area contributed by atoms with Crippen LogP contribution in [-0.2, 0) is 6.61 Å². The van der Waals surface area contributed by atoms with Crippen LogP contribution in [-0.4, -0.2) is 9.91 Å². The van der Waals surface area contributed by atoms with Gasteiger partial charge in [0.25, 0.3) is 0 Å². The van der Waals surface area contributed by atoms with Gasteiger partial charge in [0.05, 0.1) is 15.5 Å². The van der Waals surface area contributed by atoms with Gasteiger partial charge < -0.3 is 10.5 Å². The molecule has 6 nitrogen and oxygen atoms in total. The first-order chi connectivity index (χ1) is 9.47. The number of ether oxygens (including phenoxy) is 1. The Kier molecular flexibility index (Phi) is 4.14. The maximum atomic E-state index is 13.2. The number of hydrogen-bond acceptors (Lipinski definition) is 5. The Bertz CT molecular complexity index is 666. The number of nitrogens with two attached hydrogens (primary N) is 1. The molecule has 2 N–H and O–H groups in total. The SMILES string of the molecule is Nc1cc(COc2c(Br)cc(F)cc2[N+](=O)[O-])ccn1. The van der Waals surface area contributed by atoms with Gasteiger partial charge in [-0.15, -0.1) is 0 Å². The van der Waals surface area contributed by atoms with Gasteiger partial charge in [0.1, 0.15) is 18.2 Å². The molecule has 0 fully saturated rings. The lowest BCUT2D eigenvalue weighted by molar-refractivity contribution is -0.386. The monoisotopic (exact) mass is 341 g/mol. The van der Waals surface area contributed by atoms with Gasteiger partial charge in [-0.1, -0.05) is 0 Å². The second-order valence-electron chi connectivity index (χ2n) is 3.87. The van der Waals surface area contributed by atoms with Crippen LogP contribution in [0.15, 0.2) is 34.9 Å². The fourth-order valence-corrected chi connectivity index (χ4v) is 2.10. The van der Waals surface area contributed by atoms with Crippen LogP contribution in [0, 0.1) is 15.9 Å². The normalized spacial score (nSPS) is 10.3. The molecule has 0 aliphatic carbocycles. The molecule has 0 radical (unpaired) electrons. The van der Waals surface area contributed by atoms with Crippen molar-refractivity contribution >= 4 is 27.4 Å². The van der Waals surface area contributed by atoms with Crippen LogP contribution in [0.4, 0.5) is 15.9 Å². The Labute approximate surface area is 121 Å². The summed E-state index contributed by atoms with van der Waals surface area (Å²) in [5.41, 5.74) is 5.77. The van der Waals surface area contributed by atoms with Crippen molar-refractivity contribution in [2.24, 2.45) is 0 Å². The molecule has 0 bridgehead atoms. The summed E-state index contributed by atoms with van der Waals surface area (Å²) >= 11 is 3.05. The zero-order chi connectivity index (χ0) is 14.7. The number of pyridine rings is 1. The van der Waals surface area contributed by atoms with Gasteiger partial charge in [0.15, 0.2) is 0 Å². The van der Waals surface area contributed by atoms with Gasteiger partial charge in [-0.25, -0.2) is 9.37 Å². The molecule has 0 aliphatic rings. The quantitative estimate of drug-likeness (QED) is 0.681. The molecule has 1 heterocycles. The number of nitrogens with zero attached hydrogens (tertiary/aromatic N) is 2. The Morgan fingerprint density at radius 1 is 1.45 bits per heavy atom. The number of nitro benzene ring substituents is 1. The van der Waals surface area contributed by atoms with Crippen LogP contribution in [0.2, 0.25) is 0 Å². The minimum absolute atomic E-state index is 0.0354. The van der Waals surface area contributed by atoms with Crippen molar-refractivity contribution in [2.45, 2.75) is 6.61 Å². The van der Waals surface area contributed by atoms with Crippen LogP contribution in [0.5, 0.6) is 5.75 Å². The molecule has 0 unspecified atom stereocenters. The highest BCUT2D eigenvalue weighted by Gasteiger charge is 2.20. The summed E-state index contributed by atoms with van der Waals surface area (Å²) in [5.74, 6) is -0.436. The van der Waals surface area contributed by atoms with Gasteiger partial charge in [-0.2, -0.15) is 0 Å².